The van der Waals surface area contributed by atoms with Crippen molar-refractivity contribution >= 4 is 53.0 Å². The Labute approximate surface area is 239 Å². The maximum Gasteiger partial charge on any atom is 0.305 e. The van der Waals surface area contributed by atoms with Crippen molar-refractivity contribution in [1.82, 2.24) is 10.6 Å². The van der Waals surface area contributed by atoms with Gasteiger partial charge in [0, 0.05) is 0 Å². The Hall–Kier alpha value is -5.31. The molecule has 15 nitrogen and oxygen atoms in total. The number of benzene rings is 2. The SMILES string of the molecule is COc1cccc(OC)c1C(=O)C(=O)N[C@H]1CN(C(=O)CO)c2ccccc2N(CC(=O)NC(C=O)CC(=O)O)C1=O. The summed E-state index contributed by atoms with van der Waals surface area (Å²) >= 11 is 0. The van der Waals surface area contributed by atoms with Crippen LogP contribution in [0.4, 0.5) is 11.4 Å². The molecule has 2 aromatic rings. The quantitative estimate of drug-likeness (QED) is 0.134. The number of carboxylic acid groups (broad SMARTS) is 1. The third kappa shape index (κ3) is 6.87. The predicted octanol–water partition coefficient (Wildman–Crippen LogP) is -1.10. The number of aldehydes is 1. The van der Waals surface area contributed by atoms with E-state index in [9.17, 15) is 38.7 Å². The van der Waals surface area contributed by atoms with Crippen molar-refractivity contribution in [2.45, 2.75) is 18.5 Å². The fourth-order valence-corrected chi connectivity index (χ4v) is 4.31. The van der Waals surface area contributed by atoms with E-state index in [1.807, 2.05) is 0 Å². The van der Waals surface area contributed by atoms with Crippen LogP contribution in [0.1, 0.15) is 16.8 Å². The molecule has 4 amide bonds. The second-order valence-electron chi connectivity index (χ2n) is 8.88. The Bertz CT molecular complexity index is 1390. The number of rotatable bonds is 12. The molecule has 222 valence electrons. The zero-order valence-corrected chi connectivity index (χ0v) is 22.6. The van der Waals surface area contributed by atoms with Gasteiger partial charge in [-0.2, -0.15) is 0 Å². The molecular weight excluding hydrogens is 556 g/mol. The Morgan fingerprint density at radius 3 is 2.19 bits per heavy atom. The fourth-order valence-electron chi connectivity index (χ4n) is 4.31. The molecule has 0 saturated carbocycles. The molecule has 0 radical (unpaired) electrons. The van der Waals surface area contributed by atoms with Crippen LogP contribution in [-0.2, 0) is 28.8 Å². The van der Waals surface area contributed by atoms with Gasteiger partial charge in [0.05, 0.1) is 44.6 Å². The Kier molecular flexibility index (Phi) is 10.3. The lowest BCUT2D eigenvalue weighted by atomic mass is 10.1. The van der Waals surface area contributed by atoms with Gasteiger partial charge in [-0.25, -0.2) is 0 Å². The number of ether oxygens (including phenoxy) is 2. The first-order chi connectivity index (χ1) is 20.1. The van der Waals surface area contributed by atoms with E-state index in [0.29, 0.717) is 0 Å². The average molecular weight is 585 g/mol. The van der Waals surface area contributed by atoms with Crippen molar-refractivity contribution in [1.29, 1.82) is 0 Å². The zero-order chi connectivity index (χ0) is 31.0. The second-order valence-corrected chi connectivity index (χ2v) is 8.88. The van der Waals surface area contributed by atoms with Crippen LogP contribution in [-0.4, -0.2) is 97.9 Å². The molecule has 15 heteroatoms. The first kappa shape index (κ1) is 31.2. The van der Waals surface area contributed by atoms with Crippen LogP contribution in [0.15, 0.2) is 42.5 Å². The highest BCUT2D eigenvalue weighted by molar-refractivity contribution is 6.44. The number of anilines is 2. The van der Waals surface area contributed by atoms with Crippen LogP contribution in [0, 0.1) is 0 Å². The van der Waals surface area contributed by atoms with Crippen LogP contribution < -0.4 is 29.9 Å². The maximum absolute atomic E-state index is 13.8. The normalized spacial score (nSPS) is 15.0. The molecule has 2 atom stereocenters. The molecule has 0 saturated heterocycles. The number of hydrogen-bond donors (Lipinski definition) is 4. The number of ketones is 1. The zero-order valence-electron chi connectivity index (χ0n) is 22.6. The van der Waals surface area contributed by atoms with E-state index in [2.05, 4.69) is 10.6 Å². The van der Waals surface area contributed by atoms with Gasteiger partial charge in [-0.05, 0) is 24.3 Å². The minimum Gasteiger partial charge on any atom is -0.496 e. The van der Waals surface area contributed by atoms with Crippen LogP contribution in [0.3, 0.4) is 0 Å². The molecule has 3 rings (SSSR count). The van der Waals surface area contributed by atoms with Gasteiger partial charge >= 0.3 is 5.97 Å². The van der Waals surface area contributed by atoms with Crippen molar-refractivity contribution in [3.8, 4) is 11.5 Å². The number of carboxylic acids is 1. The summed E-state index contributed by atoms with van der Waals surface area (Å²) in [6.45, 7) is -2.23. The molecule has 0 aliphatic carbocycles. The number of aliphatic hydroxyl groups excluding tert-OH is 1. The van der Waals surface area contributed by atoms with E-state index >= 15 is 0 Å². The lowest BCUT2D eigenvalue weighted by molar-refractivity contribution is -0.139. The first-order valence-corrected chi connectivity index (χ1v) is 12.4. The topological polar surface area (TPSA) is 209 Å². The van der Waals surface area contributed by atoms with Gasteiger partial charge < -0.3 is 40.0 Å². The number of carbonyl (C=O) groups is 7. The molecule has 1 heterocycles. The van der Waals surface area contributed by atoms with Gasteiger partial charge in [0.25, 0.3) is 23.5 Å². The number of methoxy groups -OCH3 is 2. The third-order valence-electron chi connectivity index (χ3n) is 6.20. The summed E-state index contributed by atoms with van der Waals surface area (Å²) in [5, 5.41) is 23.1. The van der Waals surface area contributed by atoms with Crippen molar-refractivity contribution < 1.29 is 53.2 Å². The molecule has 0 fully saturated rings. The molecule has 2 aromatic carbocycles. The number of aliphatic hydroxyl groups is 1. The second kappa shape index (κ2) is 13.8. The maximum atomic E-state index is 13.8. The van der Waals surface area contributed by atoms with Gasteiger partial charge in [0.15, 0.2) is 0 Å². The van der Waals surface area contributed by atoms with Crippen molar-refractivity contribution in [3.05, 3.63) is 48.0 Å². The predicted molar refractivity (Wildman–Crippen MR) is 144 cm³/mol. The summed E-state index contributed by atoms with van der Waals surface area (Å²) in [6.07, 6.45) is -0.474. The summed E-state index contributed by atoms with van der Waals surface area (Å²) < 4.78 is 10.4. The van der Waals surface area contributed by atoms with Crippen molar-refractivity contribution in [3.63, 3.8) is 0 Å². The fraction of sp³-hybridized carbons (Fsp3) is 0.296. The first-order valence-electron chi connectivity index (χ1n) is 12.4. The van der Waals surface area contributed by atoms with E-state index in [4.69, 9.17) is 14.6 Å². The number of Topliss-reactive ketones (excluding diaryl/α,β-unsaturated/α-hetero) is 1. The summed E-state index contributed by atoms with van der Waals surface area (Å²) in [7, 11) is 2.56. The van der Waals surface area contributed by atoms with E-state index in [-0.39, 0.29) is 34.7 Å². The largest absolute Gasteiger partial charge is 0.496 e. The molecule has 1 aliphatic rings. The van der Waals surface area contributed by atoms with Crippen molar-refractivity contribution in [2.75, 3.05) is 43.7 Å². The van der Waals surface area contributed by atoms with Crippen LogP contribution in [0.5, 0.6) is 11.5 Å². The Morgan fingerprint density at radius 2 is 1.64 bits per heavy atom. The molecule has 4 N–H and O–H groups in total. The van der Waals surface area contributed by atoms with E-state index in [1.165, 1.54) is 56.7 Å². The highest BCUT2D eigenvalue weighted by atomic mass is 16.5. The summed E-state index contributed by atoms with van der Waals surface area (Å²) in [6, 6.07) is 7.29. The lowest BCUT2D eigenvalue weighted by Crippen LogP contribution is -2.56. The highest BCUT2D eigenvalue weighted by Gasteiger charge is 2.39. The molecular formula is C27H28N4O11. The molecule has 42 heavy (non-hydrogen) atoms. The number of para-hydroxylation sites is 2. The smallest absolute Gasteiger partial charge is 0.305 e. The van der Waals surface area contributed by atoms with Gasteiger partial charge in [0.2, 0.25) is 5.91 Å². The number of fused-ring (bicyclic) bond motifs is 1. The molecule has 0 spiro atoms. The van der Waals surface area contributed by atoms with Crippen molar-refractivity contribution in [2.24, 2.45) is 0 Å². The van der Waals surface area contributed by atoms with Gasteiger partial charge in [-0.3, -0.25) is 33.7 Å². The molecule has 1 unspecified atom stereocenters. The van der Waals surface area contributed by atoms with Gasteiger partial charge in [-0.15, -0.1) is 0 Å². The minimum absolute atomic E-state index is 0.0237. The van der Waals surface area contributed by atoms with Crippen LogP contribution >= 0.6 is 0 Å². The van der Waals surface area contributed by atoms with Gasteiger partial charge in [-0.1, -0.05) is 18.2 Å². The molecule has 0 aromatic heterocycles. The average Bonchev–Trinajstić information content (AvgIpc) is 3.09. The van der Waals surface area contributed by atoms with Crippen LogP contribution in [0.2, 0.25) is 0 Å². The molecule has 0 bridgehead atoms. The lowest BCUT2D eigenvalue weighted by Gasteiger charge is -2.25. The van der Waals surface area contributed by atoms with E-state index in [1.54, 1.807) is 0 Å². The Morgan fingerprint density at radius 1 is 1.02 bits per heavy atom. The molecule has 1 aliphatic heterocycles. The summed E-state index contributed by atoms with van der Waals surface area (Å²) in [5.74, 6) is -6.36. The summed E-state index contributed by atoms with van der Waals surface area (Å²) in [4.78, 5) is 89.9. The number of carbonyl (C=O) groups excluding carboxylic acids is 6. The third-order valence-corrected chi connectivity index (χ3v) is 6.20. The number of aliphatic carboxylic acids is 1. The number of hydrogen-bond acceptors (Lipinski definition) is 10. The number of nitrogens with one attached hydrogen (secondary N) is 2. The van der Waals surface area contributed by atoms with E-state index in [0.717, 1.165) is 9.80 Å². The monoisotopic (exact) mass is 584 g/mol. The van der Waals surface area contributed by atoms with Crippen LogP contribution in [0.25, 0.3) is 0 Å². The highest BCUT2D eigenvalue weighted by Crippen LogP contribution is 2.33. The minimum atomic E-state index is -1.60. The number of nitrogens with zero attached hydrogens (tertiary/aromatic N) is 2. The number of amides is 4. The summed E-state index contributed by atoms with van der Waals surface area (Å²) in [5.41, 5.74) is -0.0818. The van der Waals surface area contributed by atoms with Gasteiger partial charge in [0.1, 0.15) is 42.5 Å². The Balaban J connectivity index is 1.99. The van der Waals surface area contributed by atoms with E-state index < -0.39 is 73.6 Å². The standard InChI is InChI=1S/C27H28N4O11/c1-41-19-8-5-9-20(42-2)24(19)25(38)26(39)29-16-11-30(22(35)14-33)17-6-3-4-7-18(17)31(27(16)40)12-21(34)28-15(13-32)10-23(36)37/h3-9,13,15-16,33H,10-12,14H2,1-2H3,(H,28,34)(H,29,39)(H,36,37)/t15?,16-/m0/s1.